The Labute approximate surface area is 87.4 Å². The maximum Gasteiger partial charge on any atom is 0.199 e. The summed E-state index contributed by atoms with van der Waals surface area (Å²) in [5, 5.41) is 6.63. The average Bonchev–Trinajstić information content (AvgIpc) is 2.52. The predicted molar refractivity (Wildman–Crippen MR) is 58.2 cm³/mol. The van der Waals surface area contributed by atoms with Gasteiger partial charge in [-0.1, -0.05) is 17.7 Å². The zero-order chi connectivity index (χ0) is 10.1. The summed E-state index contributed by atoms with van der Waals surface area (Å²) in [5.74, 6) is 0. The molecule has 72 valence electrons. The molecule has 0 spiro atoms. The minimum Gasteiger partial charge on any atom is -0.274 e. The van der Waals surface area contributed by atoms with Gasteiger partial charge in [0.1, 0.15) is 6.33 Å². The molecule has 0 aliphatic rings. The monoisotopic (exact) mass is 205 g/mol. The van der Waals surface area contributed by atoms with Crippen molar-refractivity contribution in [1.82, 2.24) is 14.8 Å². The molecule has 1 heterocycles. The van der Waals surface area contributed by atoms with Gasteiger partial charge in [-0.15, -0.1) is 0 Å². The normalized spacial score (nSPS) is 10.4. The fourth-order valence-corrected chi connectivity index (χ4v) is 1.69. The van der Waals surface area contributed by atoms with Crippen LogP contribution in [0.1, 0.15) is 11.1 Å². The van der Waals surface area contributed by atoms with Crippen molar-refractivity contribution in [1.29, 1.82) is 0 Å². The molecule has 0 saturated heterocycles. The van der Waals surface area contributed by atoms with E-state index in [9.17, 15) is 0 Å². The molecule has 0 bridgehead atoms. The predicted octanol–water partition coefficient (Wildman–Crippen LogP) is 2.55. The Hall–Kier alpha value is -1.42. The molecule has 0 unspecified atom stereocenters. The Kier molecular flexibility index (Phi) is 2.21. The van der Waals surface area contributed by atoms with Crippen LogP contribution < -0.4 is 0 Å². The quantitative estimate of drug-likeness (QED) is 0.726. The number of H-pyrrole nitrogens is 1. The first-order valence-electron chi connectivity index (χ1n) is 4.38. The third-order valence-corrected chi connectivity index (χ3v) is 2.45. The van der Waals surface area contributed by atoms with E-state index in [1.165, 1.54) is 11.1 Å². The summed E-state index contributed by atoms with van der Waals surface area (Å²) in [5.41, 5.74) is 3.53. The van der Waals surface area contributed by atoms with E-state index in [0.29, 0.717) is 4.77 Å². The van der Waals surface area contributed by atoms with Crippen LogP contribution in [0.5, 0.6) is 0 Å². The number of aryl methyl sites for hydroxylation is 2. The van der Waals surface area contributed by atoms with Crippen LogP contribution in [0.3, 0.4) is 0 Å². The lowest BCUT2D eigenvalue weighted by molar-refractivity contribution is 1.01. The van der Waals surface area contributed by atoms with Gasteiger partial charge in [0.05, 0.1) is 5.69 Å². The highest BCUT2D eigenvalue weighted by molar-refractivity contribution is 7.71. The Morgan fingerprint density at radius 3 is 2.71 bits per heavy atom. The molecule has 0 aliphatic carbocycles. The van der Waals surface area contributed by atoms with Gasteiger partial charge >= 0.3 is 0 Å². The highest BCUT2D eigenvalue weighted by atomic mass is 32.1. The zero-order valence-electron chi connectivity index (χ0n) is 8.11. The third kappa shape index (κ3) is 1.48. The lowest BCUT2D eigenvalue weighted by atomic mass is 10.1. The highest BCUT2D eigenvalue weighted by Gasteiger charge is 2.01. The molecule has 0 radical (unpaired) electrons. The van der Waals surface area contributed by atoms with E-state index in [0.717, 1.165) is 5.69 Å². The molecule has 14 heavy (non-hydrogen) atoms. The van der Waals surface area contributed by atoms with Crippen molar-refractivity contribution in [2.24, 2.45) is 0 Å². The first-order chi connectivity index (χ1) is 6.68. The summed E-state index contributed by atoms with van der Waals surface area (Å²) < 4.78 is 2.49. The van der Waals surface area contributed by atoms with Crippen LogP contribution in [0.15, 0.2) is 24.5 Å². The second kappa shape index (κ2) is 3.38. The number of aromatic nitrogens is 3. The molecule has 0 fully saturated rings. The molecule has 3 nitrogen and oxygen atoms in total. The van der Waals surface area contributed by atoms with Crippen LogP contribution in [0.25, 0.3) is 5.69 Å². The summed E-state index contributed by atoms with van der Waals surface area (Å²) in [4.78, 5) is 0. The van der Waals surface area contributed by atoms with Crippen LogP contribution in [0, 0.1) is 18.6 Å². The van der Waals surface area contributed by atoms with E-state index in [1.54, 1.807) is 6.33 Å². The van der Waals surface area contributed by atoms with Gasteiger partial charge in [-0.3, -0.25) is 9.67 Å². The lowest BCUT2D eigenvalue weighted by Gasteiger charge is -2.06. The summed E-state index contributed by atoms with van der Waals surface area (Å²) in [6, 6.07) is 6.25. The first-order valence-corrected chi connectivity index (χ1v) is 4.79. The number of aromatic amines is 1. The van der Waals surface area contributed by atoms with Crippen LogP contribution >= 0.6 is 12.2 Å². The van der Waals surface area contributed by atoms with E-state index in [4.69, 9.17) is 12.2 Å². The summed E-state index contributed by atoms with van der Waals surface area (Å²) in [6.07, 6.45) is 1.69. The number of nitrogens with zero attached hydrogens (tertiary/aromatic N) is 2. The Bertz CT molecular complexity index is 510. The van der Waals surface area contributed by atoms with Crippen LogP contribution in [-0.2, 0) is 0 Å². The second-order valence-corrected chi connectivity index (χ2v) is 3.71. The third-order valence-electron chi connectivity index (χ3n) is 2.16. The van der Waals surface area contributed by atoms with Gasteiger partial charge in [0.2, 0.25) is 0 Å². The fourth-order valence-electron chi connectivity index (χ4n) is 1.50. The highest BCUT2D eigenvalue weighted by Crippen LogP contribution is 2.14. The molecule has 4 heteroatoms. The number of benzene rings is 1. The van der Waals surface area contributed by atoms with E-state index in [1.807, 2.05) is 4.57 Å². The Balaban J connectivity index is 2.63. The SMILES string of the molecule is Cc1ccc(-n2cn[nH]c2=S)c(C)c1. The molecular weight excluding hydrogens is 194 g/mol. The Morgan fingerprint density at radius 1 is 1.36 bits per heavy atom. The number of hydrogen-bond donors (Lipinski definition) is 1. The van der Waals surface area contributed by atoms with Gasteiger partial charge in [0.15, 0.2) is 4.77 Å². The van der Waals surface area contributed by atoms with Crippen molar-refractivity contribution >= 4 is 12.2 Å². The van der Waals surface area contributed by atoms with Gasteiger partial charge in [-0.25, -0.2) is 0 Å². The van der Waals surface area contributed by atoms with Gasteiger partial charge in [0, 0.05) is 0 Å². The Morgan fingerprint density at radius 2 is 2.14 bits per heavy atom. The second-order valence-electron chi connectivity index (χ2n) is 3.32. The van der Waals surface area contributed by atoms with Crippen LogP contribution in [0.2, 0.25) is 0 Å². The number of hydrogen-bond acceptors (Lipinski definition) is 2. The molecule has 1 aromatic carbocycles. The lowest BCUT2D eigenvalue weighted by Crippen LogP contribution is -1.95. The molecular formula is C10H11N3S. The van der Waals surface area contributed by atoms with Crippen molar-refractivity contribution in [3.63, 3.8) is 0 Å². The summed E-state index contributed by atoms with van der Waals surface area (Å²) in [7, 11) is 0. The van der Waals surface area contributed by atoms with Crippen LogP contribution in [-0.4, -0.2) is 14.8 Å². The summed E-state index contributed by atoms with van der Waals surface area (Å²) in [6.45, 7) is 4.14. The standard InChI is InChI=1S/C10H11N3S/c1-7-3-4-9(8(2)5-7)13-6-11-12-10(13)14/h3-6H,1-2H3,(H,12,14). The van der Waals surface area contributed by atoms with E-state index >= 15 is 0 Å². The van der Waals surface area contributed by atoms with E-state index in [-0.39, 0.29) is 0 Å². The van der Waals surface area contributed by atoms with Crippen molar-refractivity contribution in [3.05, 3.63) is 40.4 Å². The smallest absolute Gasteiger partial charge is 0.199 e. The van der Waals surface area contributed by atoms with E-state index < -0.39 is 0 Å². The zero-order valence-corrected chi connectivity index (χ0v) is 8.93. The summed E-state index contributed by atoms with van der Waals surface area (Å²) >= 11 is 5.10. The minimum atomic E-state index is 0.622. The van der Waals surface area contributed by atoms with Gasteiger partial charge < -0.3 is 0 Å². The molecule has 2 rings (SSSR count). The maximum atomic E-state index is 5.10. The van der Waals surface area contributed by atoms with Crippen LogP contribution in [0.4, 0.5) is 0 Å². The molecule has 1 aromatic heterocycles. The van der Waals surface area contributed by atoms with Crippen molar-refractivity contribution < 1.29 is 0 Å². The van der Waals surface area contributed by atoms with Crippen molar-refractivity contribution in [2.45, 2.75) is 13.8 Å². The molecule has 2 aromatic rings. The molecule has 1 N–H and O–H groups in total. The fraction of sp³-hybridized carbons (Fsp3) is 0.200. The first kappa shape index (κ1) is 9.15. The maximum absolute atomic E-state index is 5.10. The molecule has 0 aliphatic heterocycles. The minimum absolute atomic E-state index is 0.622. The average molecular weight is 205 g/mol. The van der Waals surface area contributed by atoms with Crippen molar-refractivity contribution in [3.8, 4) is 5.69 Å². The number of rotatable bonds is 1. The van der Waals surface area contributed by atoms with Crippen molar-refractivity contribution in [2.75, 3.05) is 0 Å². The molecule has 0 saturated carbocycles. The van der Waals surface area contributed by atoms with E-state index in [2.05, 4.69) is 42.2 Å². The van der Waals surface area contributed by atoms with Gasteiger partial charge in [0.25, 0.3) is 0 Å². The molecule has 0 amide bonds. The largest absolute Gasteiger partial charge is 0.274 e. The van der Waals surface area contributed by atoms with Gasteiger partial charge in [-0.2, -0.15) is 5.10 Å². The number of nitrogens with one attached hydrogen (secondary N) is 1. The molecule has 0 atom stereocenters. The topological polar surface area (TPSA) is 33.6 Å². The van der Waals surface area contributed by atoms with Gasteiger partial charge in [-0.05, 0) is 37.7 Å².